The SMILES string of the molecule is c1ccc2c(c1)CN1CCOCCOCCN(Cc3ccccc3OCCO2)Cc2ccccc2OCCOc2ccccc2C1. The van der Waals surface area contributed by atoms with Crippen LogP contribution in [0, 0.1) is 0 Å². The molecule has 2 heterocycles. The van der Waals surface area contributed by atoms with E-state index in [9.17, 15) is 0 Å². The number of para-hydroxylation sites is 4. The van der Waals surface area contributed by atoms with Gasteiger partial charge in [0, 0.05) is 61.5 Å². The summed E-state index contributed by atoms with van der Waals surface area (Å²) in [6.45, 7) is 8.31. The van der Waals surface area contributed by atoms with Crippen LogP contribution in [0.4, 0.5) is 0 Å². The Morgan fingerprint density at radius 1 is 0.326 bits per heavy atom. The highest BCUT2D eigenvalue weighted by Gasteiger charge is 2.17. The van der Waals surface area contributed by atoms with Gasteiger partial charge in [-0.3, -0.25) is 9.80 Å². The highest BCUT2D eigenvalue weighted by Crippen LogP contribution is 2.27. The third-order valence-electron chi connectivity index (χ3n) is 8.14. The summed E-state index contributed by atoms with van der Waals surface area (Å²) < 4.78 is 37.4. The fraction of sp³-hybridized carbons (Fsp3) is 0.368. The van der Waals surface area contributed by atoms with Crippen molar-refractivity contribution in [1.29, 1.82) is 0 Å². The number of rotatable bonds is 0. The van der Waals surface area contributed by atoms with Crippen LogP contribution in [0.1, 0.15) is 22.3 Å². The van der Waals surface area contributed by atoms with Crippen LogP contribution < -0.4 is 18.9 Å². The predicted octanol–water partition coefficient (Wildman–Crippen LogP) is 5.97. The minimum absolute atomic E-state index is 0.438. The average molecular weight is 625 g/mol. The first-order chi connectivity index (χ1) is 22.8. The minimum atomic E-state index is 0.438. The van der Waals surface area contributed by atoms with Crippen molar-refractivity contribution in [3.63, 3.8) is 0 Å². The zero-order chi connectivity index (χ0) is 31.2. The maximum absolute atomic E-state index is 6.32. The van der Waals surface area contributed by atoms with Crippen LogP contribution in [0.2, 0.25) is 0 Å². The summed E-state index contributed by atoms with van der Waals surface area (Å²) in [7, 11) is 0. The zero-order valence-electron chi connectivity index (χ0n) is 26.5. The van der Waals surface area contributed by atoms with Crippen molar-refractivity contribution in [3.05, 3.63) is 119 Å². The topological polar surface area (TPSA) is 61.9 Å². The molecule has 0 aliphatic carbocycles. The van der Waals surface area contributed by atoms with Crippen molar-refractivity contribution in [2.45, 2.75) is 26.2 Å². The number of benzene rings is 4. The van der Waals surface area contributed by atoms with Gasteiger partial charge in [-0.15, -0.1) is 0 Å². The maximum Gasteiger partial charge on any atom is 0.123 e. The van der Waals surface area contributed by atoms with Gasteiger partial charge in [-0.2, -0.15) is 0 Å². The lowest BCUT2D eigenvalue weighted by Gasteiger charge is -2.26. The first kappa shape index (κ1) is 31.9. The van der Waals surface area contributed by atoms with Gasteiger partial charge in [-0.25, -0.2) is 0 Å². The summed E-state index contributed by atoms with van der Waals surface area (Å²) in [5.74, 6) is 3.45. The van der Waals surface area contributed by atoms with E-state index in [1.54, 1.807) is 0 Å². The molecule has 2 aliphatic rings. The highest BCUT2D eigenvalue weighted by atomic mass is 16.5. The van der Waals surface area contributed by atoms with E-state index in [1.165, 1.54) is 0 Å². The minimum Gasteiger partial charge on any atom is -0.490 e. The lowest BCUT2D eigenvalue weighted by atomic mass is 10.1. The van der Waals surface area contributed by atoms with Crippen LogP contribution >= 0.6 is 0 Å². The molecular weight excluding hydrogens is 580 g/mol. The molecule has 0 N–H and O–H groups in total. The molecule has 242 valence electrons. The summed E-state index contributed by atoms with van der Waals surface area (Å²) in [5, 5.41) is 0. The molecule has 0 aromatic heterocycles. The molecule has 0 spiro atoms. The van der Waals surface area contributed by atoms with E-state index < -0.39 is 0 Å². The highest BCUT2D eigenvalue weighted by molar-refractivity contribution is 5.37. The molecule has 6 rings (SSSR count). The van der Waals surface area contributed by atoms with Crippen molar-refractivity contribution >= 4 is 0 Å². The van der Waals surface area contributed by atoms with E-state index in [4.69, 9.17) is 28.4 Å². The molecule has 0 unspecified atom stereocenters. The Morgan fingerprint density at radius 3 is 0.913 bits per heavy atom. The maximum atomic E-state index is 6.32. The smallest absolute Gasteiger partial charge is 0.123 e. The Bertz CT molecular complexity index is 1300. The third-order valence-corrected chi connectivity index (χ3v) is 8.14. The molecule has 4 aromatic carbocycles. The Kier molecular flexibility index (Phi) is 11.8. The van der Waals surface area contributed by atoms with E-state index in [0.29, 0.717) is 79.0 Å². The summed E-state index contributed by atoms with van der Waals surface area (Å²) in [6.07, 6.45) is 0. The van der Waals surface area contributed by atoms with Gasteiger partial charge in [0.1, 0.15) is 49.4 Å². The number of nitrogens with zero attached hydrogens (tertiary/aromatic N) is 2. The molecule has 4 aromatic rings. The fourth-order valence-electron chi connectivity index (χ4n) is 5.81. The van der Waals surface area contributed by atoms with E-state index in [1.807, 2.05) is 48.5 Å². The fourth-order valence-corrected chi connectivity index (χ4v) is 5.81. The first-order valence-electron chi connectivity index (χ1n) is 16.2. The Labute approximate surface area is 272 Å². The van der Waals surface area contributed by atoms with Crippen LogP contribution in [-0.2, 0) is 35.7 Å². The molecule has 8 nitrogen and oxygen atoms in total. The summed E-state index contributed by atoms with van der Waals surface area (Å²) in [5.41, 5.74) is 4.46. The zero-order valence-corrected chi connectivity index (χ0v) is 26.5. The number of fused-ring (bicyclic) bond motifs is 13. The molecular formula is C38H44N2O6. The number of hydrogen-bond donors (Lipinski definition) is 0. The van der Waals surface area contributed by atoms with Gasteiger partial charge >= 0.3 is 0 Å². The van der Waals surface area contributed by atoms with Crippen molar-refractivity contribution < 1.29 is 28.4 Å². The standard InChI is InChI=1S/C38H44N2O6/c1-5-13-35-31(9-1)27-39-17-19-41-21-22-42-20-18-40(29-33-11-3-7-15-37(33)44-24-23-43-35)30-34-12-4-8-16-38(34)46-26-25-45-36-14-6-2-10-32(36)28-39/h1-16H,17-30H2. The van der Waals surface area contributed by atoms with Gasteiger partial charge in [-0.05, 0) is 24.3 Å². The van der Waals surface area contributed by atoms with Crippen LogP contribution in [-0.4, -0.2) is 75.7 Å². The quantitative estimate of drug-likeness (QED) is 0.222. The molecule has 0 fully saturated rings. The number of hydrogen-bond acceptors (Lipinski definition) is 8. The Hall–Kier alpha value is -4.08. The van der Waals surface area contributed by atoms with Gasteiger partial charge in [0.05, 0.1) is 26.4 Å². The number of ether oxygens (including phenoxy) is 6. The summed E-state index contributed by atoms with van der Waals surface area (Å²) in [6, 6.07) is 33.0. The van der Waals surface area contributed by atoms with Crippen LogP contribution in [0.25, 0.3) is 0 Å². The largest absolute Gasteiger partial charge is 0.490 e. The van der Waals surface area contributed by atoms with Gasteiger partial charge < -0.3 is 28.4 Å². The van der Waals surface area contributed by atoms with Gasteiger partial charge in [0.2, 0.25) is 0 Å². The van der Waals surface area contributed by atoms with Crippen molar-refractivity contribution in [3.8, 4) is 23.0 Å². The lowest BCUT2D eigenvalue weighted by molar-refractivity contribution is 0.0279. The van der Waals surface area contributed by atoms with Crippen LogP contribution in [0.15, 0.2) is 97.1 Å². The van der Waals surface area contributed by atoms with Crippen LogP contribution in [0.5, 0.6) is 23.0 Å². The first-order valence-corrected chi connectivity index (χ1v) is 16.2. The normalized spacial score (nSPS) is 20.3. The molecule has 0 saturated heterocycles. The molecule has 0 radical (unpaired) electrons. The van der Waals surface area contributed by atoms with E-state index in [0.717, 1.165) is 58.3 Å². The van der Waals surface area contributed by atoms with E-state index in [-0.39, 0.29) is 0 Å². The van der Waals surface area contributed by atoms with Gasteiger partial charge in [0.15, 0.2) is 0 Å². The van der Waals surface area contributed by atoms with E-state index in [2.05, 4.69) is 58.3 Å². The monoisotopic (exact) mass is 624 g/mol. The van der Waals surface area contributed by atoms with E-state index >= 15 is 0 Å². The molecule has 46 heavy (non-hydrogen) atoms. The summed E-state index contributed by atoms with van der Waals surface area (Å²) >= 11 is 0. The second kappa shape index (κ2) is 17.0. The molecule has 0 amide bonds. The molecule has 0 atom stereocenters. The van der Waals surface area contributed by atoms with Gasteiger partial charge in [-0.1, -0.05) is 72.8 Å². The molecule has 2 bridgehead atoms. The second-order valence-electron chi connectivity index (χ2n) is 11.5. The van der Waals surface area contributed by atoms with Crippen molar-refractivity contribution in [2.24, 2.45) is 0 Å². The molecule has 0 saturated carbocycles. The summed E-state index contributed by atoms with van der Waals surface area (Å²) in [4.78, 5) is 4.75. The second-order valence-corrected chi connectivity index (χ2v) is 11.5. The van der Waals surface area contributed by atoms with Crippen molar-refractivity contribution in [1.82, 2.24) is 9.80 Å². The molecule has 2 aliphatic heterocycles. The van der Waals surface area contributed by atoms with Crippen LogP contribution in [0.3, 0.4) is 0 Å². The average Bonchev–Trinajstić information content (AvgIpc) is 3.08. The lowest BCUT2D eigenvalue weighted by Crippen LogP contribution is -2.29. The predicted molar refractivity (Wildman–Crippen MR) is 178 cm³/mol. The van der Waals surface area contributed by atoms with Crippen molar-refractivity contribution in [2.75, 3.05) is 65.9 Å². The Morgan fingerprint density at radius 2 is 0.609 bits per heavy atom. The molecule has 8 heteroatoms. The Balaban J connectivity index is 1.33. The third kappa shape index (κ3) is 9.23. The van der Waals surface area contributed by atoms with Gasteiger partial charge in [0.25, 0.3) is 0 Å².